The molecule has 0 atom stereocenters. The van der Waals surface area contributed by atoms with E-state index in [1.807, 2.05) is 42.5 Å². The lowest BCUT2D eigenvalue weighted by Gasteiger charge is -2.07. The molecule has 1 aromatic heterocycles. The summed E-state index contributed by atoms with van der Waals surface area (Å²) in [4.78, 5) is 10.2. The highest BCUT2D eigenvalue weighted by molar-refractivity contribution is 5.90. The lowest BCUT2D eigenvalue weighted by atomic mass is 10.1. The Kier molecular flexibility index (Phi) is 4.24. The summed E-state index contributed by atoms with van der Waals surface area (Å²) < 4.78 is 1.56. The third-order valence-corrected chi connectivity index (χ3v) is 3.95. The van der Waals surface area contributed by atoms with Crippen LogP contribution in [0.1, 0.15) is 5.56 Å². The first-order valence-corrected chi connectivity index (χ1v) is 8.02. The van der Waals surface area contributed by atoms with Gasteiger partial charge in [0.1, 0.15) is 0 Å². The van der Waals surface area contributed by atoms with Crippen LogP contribution in [0.4, 0.5) is 11.6 Å². The Morgan fingerprint density at radius 1 is 1.04 bits per heavy atom. The fourth-order valence-electron chi connectivity index (χ4n) is 2.66. The Hall–Kier alpha value is -4.14. The molecule has 1 N–H and O–H groups in total. The Labute approximate surface area is 153 Å². The van der Waals surface area contributed by atoms with E-state index < -0.39 is 4.92 Å². The average Bonchev–Trinajstić information content (AvgIpc) is 3.16. The van der Waals surface area contributed by atoms with Crippen molar-refractivity contribution >= 4 is 28.6 Å². The molecule has 0 fully saturated rings. The summed E-state index contributed by atoms with van der Waals surface area (Å²) in [5.41, 5.74) is 4.36. The van der Waals surface area contributed by atoms with Gasteiger partial charge in [-0.3, -0.25) is 10.1 Å². The van der Waals surface area contributed by atoms with Gasteiger partial charge in [0.2, 0.25) is 0 Å². The SMILES string of the molecule is O=[N+]([O-])c1ccc(/C=N\Nc2nnnn2-c2cccc3ccccc23)cc1. The predicted molar refractivity (Wildman–Crippen MR) is 101 cm³/mol. The van der Waals surface area contributed by atoms with Crippen molar-refractivity contribution in [3.8, 4) is 5.69 Å². The maximum absolute atomic E-state index is 10.7. The second-order valence-corrected chi connectivity index (χ2v) is 5.63. The summed E-state index contributed by atoms with van der Waals surface area (Å²) in [6, 6.07) is 19.9. The quantitative estimate of drug-likeness (QED) is 0.333. The lowest BCUT2D eigenvalue weighted by Crippen LogP contribution is -2.04. The van der Waals surface area contributed by atoms with Crippen LogP contribution in [0.2, 0.25) is 0 Å². The summed E-state index contributed by atoms with van der Waals surface area (Å²) >= 11 is 0. The van der Waals surface area contributed by atoms with Gasteiger partial charge < -0.3 is 0 Å². The fourth-order valence-corrected chi connectivity index (χ4v) is 2.66. The van der Waals surface area contributed by atoms with Gasteiger partial charge in [-0.1, -0.05) is 41.5 Å². The van der Waals surface area contributed by atoms with E-state index in [0.717, 1.165) is 16.5 Å². The third-order valence-electron chi connectivity index (χ3n) is 3.95. The van der Waals surface area contributed by atoms with Crippen molar-refractivity contribution in [1.82, 2.24) is 20.2 Å². The number of anilines is 1. The number of benzene rings is 3. The lowest BCUT2D eigenvalue weighted by molar-refractivity contribution is -0.384. The topological polar surface area (TPSA) is 111 Å². The van der Waals surface area contributed by atoms with Crippen LogP contribution in [-0.4, -0.2) is 31.3 Å². The highest BCUT2D eigenvalue weighted by Crippen LogP contribution is 2.23. The number of tetrazole rings is 1. The summed E-state index contributed by atoms with van der Waals surface area (Å²) in [6.45, 7) is 0. The van der Waals surface area contributed by atoms with Crippen molar-refractivity contribution in [2.45, 2.75) is 0 Å². The molecule has 27 heavy (non-hydrogen) atoms. The zero-order valence-corrected chi connectivity index (χ0v) is 13.9. The number of hydrogen-bond donors (Lipinski definition) is 1. The second kappa shape index (κ2) is 7.00. The van der Waals surface area contributed by atoms with E-state index in [-0.39, 0.29) is 5.69 Å². The molecule has 9 heteroatoms. The molecule has 132 valence electrons. The van der Waals surface area contributed by atoms with Gasteiger partial charge in [-0.25, -0.2) is 5.43 Å². The molecular weight excluding hydrogens is 346 g/mol. The molecule has 9 nitrogen and oxygen atoms in total. The van der Waals surface area contributed by atoms with Gasteiger partial charge in [-0.2, -0.15) is 9.78 Å². The summed E-state index contributed by atoms with van der Waals surface area (Å²) in [5.74, 6) is 0.351. The van der Waals surface area contributed by atoms with Crippen LogP contribution in [0.3, 0.4) is 0 Å². The monoisotopic (exact) mass is 359 g/mol. The molecule has 0 saturated heterocycles. The molecule has 0 radical (unpaired) electrons. The number of aromatic nitrogens is 4. The molecule has 0 bridgehead atoms. The molecule has 4 aromatic rings. The van der Waals surface area contributed by atoms with Gasteiger partial charge in [-0.05, 0) is 39.6 Å². The number of nitro groups is 1. The van der Waals surface area contributed by atoms with Crippen LogP contribution in [0.25, 0.3) is 16.5 Å². The number of hydrogen-bond acceptors (Lipinski definition) is 7. The molecule has 0 saturated carbocycles. The van der Waals surface area contributed by atoms with Crippen molar-refractivity contribution in [3.63, 3.8) is 0 Å². The minimum atomic E-state index is -0.447. The number of nitrogens with one attached hydrogen (secondary N) is 1. The molecule has 0 spiro atoms. The molecule has 0 aliphatic heterocycles. The summed E-state index contributed by atoms with van der Waals surface area (Å²) in [6.07, 6.45) is 1.53. The summed E-state index contributed by atoms with van der Waals surface area (Å²) in [5, 5.41) is 28.6. The van der Waals surface area contributed by atoms with Gasteiger partial charge in [0.05, 0.1) is 16.8 Å². The Morgan fingerprint density at radius 2 is 1.81 bits per heavy atom. The highest BCUT2D eigenvalue weighted by atomic mass is 16.6. The van der Waals surface area contributed by atoms with E-state index in [4.69, 9.17) is 0 Å². The van der Waals surface area contributed by atoms with E-state index in [1.54, 1.807) is 16.8 Å². The predicted octanol–water partition coefficient (Wildman–Crippen LogP) is 3.17. The maximum atomic E-state index is 10.7. The minimum Gasteiger partial charge on any atom is -0.258 e. The van der Waals surface area contributed by atoms with E-state index >= 15 is 0 Å². The normalized spacial score (nSPS) is 11.1. The third kappa shape index (κ3) is 3.33. The molecule has 1 heterocycles. The fraction of sp³-hybridized carbons (Fsp3) is 0. The molecule has 0 aliphatic rings. The van der Waals surface area contributed by atoms with Crippen molar-refractivity contribution in [1.29, 1.82) is 0 Å². The second-order valence-electron chi connectivity index (χ2n) is 5.63. The first-order chi connectivity index (χ1) is 13.2. The van der Waals surface area contributed by atoms with Crippen molar-refractivity contribution in [2.75, 3.05) is 5.43 Å². The Balaban J connectivity index is 1.58. The number of rotatable bonds is 5. The van der Waals surface area contributed by atoms with Crippen molar-refractivity contribution in [2.24, 2.45) is 5.10 Å². The smallest absolute Gasteiger partial charge is 0.258 e. The molecule has 0 unspecified atom stereocenters. The van der Waals surface area contributed by atoms with Crippen LogP contribution in [0, 0.1) is 10.1 Å². The summed E-state index contributed by atoms with van der Waals surface area (Å²) in [7, 11) is 0. The largest absolute Gasteiger partial charge is 0.269 e. The molecular formula is C18H13N7O2. The first kappa shape index (κ1) is 16.3. The van der Waals surface area contributed by atoms with E-state index in [0.29, 0.717) is 11.5 Å². The van der Waals surface area contributed by atoms with Gasteiger partial charge >= 0.3 is 0 Å². The average molecular weight is 359 g/mol. The van der Waals surface area contributed by atoms with Crippen LogP contribution in [0.15, 0.2) is 71.8 Å². The zero-order valence-electron chi connectivity index (χ0n) is 13.9. The first-order valence-electron chi connectivity index (χ1n) is 8.02. The Bertz CT molecular complexity index is 1130. The van der Waals surface area contributed by atoms with Crippen LogP contribution in [-0.2, 0) is 0 Å². The number of non-ortho nitro benzene ring substituents is 1. The van der Waals surface area contributed by atoms with Crippen LogP contribution < -0.4 is 5.43 Å². The molecule has 4 rings (SSSR count). The van der Waals surface area contributed by atoms with Crippen LogP contribution >= 0.6 is 0 Å². The van der Waals surface area contributed by atoms with E-state index in [9.17, 15) is 10.1 Å². The number of nitrogens with zero attached hydrogens (tertiary/aromatic N) is 6. The number of hydrazone groups is 1. The van der Waals surface area contributed by atoms with Crippen LogP contribution in [0.5, 0.6) is 0 Å². The van der Waals surface area contributed by atoms with Gasteiger partial charge in [-0.15, -0.1) is 0 Å². The highest BCUT2D eigenvalue weighted by Gasteiger charge is 2.10. The van der Waals surface area contributed by atoms with Gasteiger partial charge in [0.25, 0.3) is 11.6 Å². The number of fused-ring (bicyclic) bond motifs is 1. The maximum Gasteiger partial charge on any atom is 0.269 e. The standard InChI is InChI=1S/C18H13N7O2/c26-25(27)15-10-8-13(9-11-15)12-19-20-18-21-22-23-24(18)17-7-3-5-14-4-1-2-6-16(14)17/h1-12H,(H,20,21,23)/b19-12-. The molecule has 3 aromatic carbocycles. The number of nitro benzene ring substituents is 1. The van der Waals surface area contributed by atoms with E-state index in [2.05, 4.69) is 26.1 Å². The molecule has 0 aliphatic carbocycles. The van der Waals surface area contributed by atoms with Gasteiger partial charge in [0, 0.05) is 17.5 Å². The minimum absolute atomic E-state index is 0.0278. The van der Waals surface area contributed by atoms with Crippen molar-refractivity contribution in [3.05, 3.63) is 82.4 Å². The zero-order chi connectivity index (χ0) is 18.6. The Morgan fingerprint density at radius 3 is 2.63 bits per heavy atom. The molecule has 0 amide bonds. The van der Waals surface area contributed by atoms with Gasteiger partial charge in [0.15, 0.2) is 0 Å². The van der Waals surface area contributed by atoms with Crippen molar-refractivity contribution < 1.29 is 4.92 Å². The van der Waals surface area contributed by atoms with E-state index in [1.165, 1.54) is 18.3 Å².